The van der Waals surface area contributed by atoms with Crippen LogP contribution in [0.5, 0.6) is 0 Å². The van der Waals surface area contributed by atoms with E-state index in [0.29, 0.717) is 17.9 Å². The summed E-state index contributed by atoms with van der Waals surface area (Å²) in [5, 5.41) is 12.8. The van der Waals surface area contributed by atoms with Gasteiger partial charge in [0, 0.05) is 0 Å². The molecule has 2 fully saturated rings. The van der Waals surface area contributed by atoms with Crippen molar-refractivity contribution in [3.63, 3.8) is 0 Å². The number of ether oxygens (including phenoxy) is 2. The van der Waals surface area contributed by atoms with Crippen LogP contribution in [0.1, 0.15) is 7.43 Å². The molecule has 0 unspecified atom stereocenters. The van der Waals surface area contributed by atoms with Crippen LogP contribution in [0, 0.1) is 11.6 Å². The van der Waals surface area contributed by atoms with Crippen LogP contribution in [0.15, 0.2) is 66.7 Å². The Bertz CT molecular complexity index is 1740. The summed E-state index contributed by atoms with van der Waals surface area (Å²) in [6.07, 6.45) is 3.48. The number of carbonyl (C=O) groups is 2. The first kappa shape index (κ1) is 36.0. The summed E-state index contributed by atoms with van der Waals surface area (Å²) in [4.78, 5) is 37.7. The number of anilines is 2. The molecule has 2 aromatic carbocycles. The molecule has 0 bridgehead atoms. The molecule has 20 heteroatoms. The number of hydrogen-bond donors (Lipinski definition) is 3. The number of nitrogens with zero attached hydrogens (tertiary/aromatic N) is 9. The van der Waals surface area contributed by atoms with Crippen LogP contribution in [-0.2, 0) is 9.47 Å². The summed E-state index contributed by atoms with van der Waals surface area (Å²) >= 11 is 9.18. The van der Waals surface area contributed by atoms with Crippen LogP contribution in [0.25, 0.3) is 11.4 Å². The quantitative estimate of drug-likeness (QED) is 0.180. The fraction of sp³-hybridized carbons (Fsp3) is 0.259. The van der Waals surface area contributed by atoms with Crippen LogP contribution < -0.4 is 27.0 Å². The van der Waals surface area contributed by atoms with Crippen molar-refractivity contribution in [1.29, 1.82) is 0 Å². The Hall–Kier alpha value is -5.43. The smallest absolute Gasteiger partial charge is 0.414 e. The van der Waals surface area contributed by atoms with Gasteiger partial charge in [-0.05, 0) is 60.8 Å². The highest BCUT2D eigenvalue weighted by Crippen LogP contribution is 2.26. The number of thiocarbonyl (C=S) groups is 2. The van der Waals surface area contributed by atoms with E-state index >= 15 is 0 Å². The number of aromatic nitrogens is 6. The van der Waals surface area contributed by atoms with E-state index in [1.54, 1.807) is 12.1 Å². The van der Waals surface area contributed by atoms with E-state index in [-0.39, 0.29) is 49.7 Å². The average Bonchev–Trinajstić information content (AvgIpc) is 3.84. The van der Waals surface area contributed by atoms with Crippen LogP contribution >= 0.6 is 24.4 Å². The van der Waals surface area contributed by atoms with Gasteiger partial charge in [0.25, 0.3) is 0 Å². The molecule has 47 heavy (non-hydrogen) atoms. The number of nitrogens with one attached hydrogen (secondary N) is 1. The number of hydrogen-bond acceptors (Lipinski definition) is 12. The molecule has 6 rings (SSSR count). The van der Waals surface area contributed by atoms with Crippen LogP contribution in [0.3, 0.4) is 0 Å². The van der Waals surface area contributed by atoms with E-state index in [1.807, 2.05) is 0 Å². The summed E-state index contributed by atoms with van der Waals surface area (Å²) < 4.78 is 41.3. The predicted molar refractivity (Wildman–Crippen MR) is 174 cm³/mol. The highest BCUT2D eigenvalue weighted by atomic mass is 32.1. The fourth-order valence-corrected chi connectivity index (χ4v) is 4.54. The van der Waals surface area contributed by atoms with Crippen LogP contribution in [-0.4, -0.2) is 90.4 Å². The molecule has 0 saturated carbocycles. The molecule has 6 N–H and O–H groups in total. The second-order valence-electron chi connectivity index (χ2n) is 9.36. The lowest BCUT2D eigenvalue weighted by Gasteiger charge is -2.14. The zero-order chi connectivity index (χ0) is 31.9. The highest BCUT2D eigenvalue weighted by Gasteiger charge is 2.33. The predicted octanol–water partition coefficient (Wildman–Crippen LogP) is 3.20. The maximum absolute atomic E-state index is 14.2. The maximum Gasteiger partial charge on any atom is 0.414 e. The van der Waals surface area contributed by atoms with Crippen molar-refractivity contribution in [2.45, 2.75) is 19.6 Å². The van der Waals surface area contributed by atoms with E-state index < -0.39 is 36.0 Å². The molecule has 2 amide bonds. The summed E-state index contributed by atoms with van der Waals surface area (Å²) in [5.41, 5.74) is 6.62. The van der Waals surface area contributed by atoms with Gasteiger partial charge in [-0.15, -0.1) is 0 Å². The molecular formula is C27H30F2N12O4S2. The summed E-state index contributed by atoms with van der Waals surface area (Å²) in [7, 11) is 0. The van der Waals surface area contributed by atoms with Crippen molar-refractivity contribution in [3.8, 4) is 11.4 Å². The van der Waals surface area contributed by atoms with Gasteiger partial charge in [0.2, 0.25) is 0 Å². The van der Waals surface area contributed by atoms with Crippen molar-refractivity contribution in [2.24, 2.45) is 10.7 Å². The lowest BCUT2D eigenvalue weighted by molar-refractivity contribution is 0.142. The third-order valence-corrected chi connectivity index (χ3v) is 6.70. The van der Waals surface area contributed by atoms with E-state index in [9.17, 15) is 18.4 Å². The van der Waals surface area contributed by atoms with Gasteiger partial charge in [0.05, 0.1) is 42.7 Å². The minimum Gasteiger partial charge on any atom is -0.442 e. The topological polar surface area (TPSA) is 206 Å². The zero-order valence-corrected chi connectivity index (χ0v) is 25.4. The van der Waals surface area contributed by atoms with Gasteiger partial charge >= 0.3 is 12.2 Å². The van der Waals surface area contributed by atoms with Crippen LogP contribution in [0.2, 0.25) is 0 Å². The largest absolute Gasteiger partial charge is 0.442 e. The lowest BCUT2D eigenvalue weighted by atomic mass is 10.2. The SMILES string of the molecule is C.N.NC(=S)NC[C@H]1CN(c2ccc(-n3cncn3)c(F)c2)C(=O)O1.O=C1O[C@@H](CN=C=S)CN1c1ccc(-n2cncn2)c(F)c1. The van der Waals surface area contributed by atoms with Crippen LogP contribution in [0.4, 0.5) is 29.7 Å². The molecule has 16 nitrogen and oxygen atoms in total. The minimum absolute atomic E-state index is 0. The van der Waals surface area contributed by atoms with Crippen molar-refractivity contribution in [2.75, 3.05) is 36.0 Å². The Kier molecular flexibility index (Phi) is 12.4. The number of carbonyl (C=O) groups excluding carboxylic acids is 2. The summed E-state index contributed by atoms with van der Waals surface area (Å²) in [6, 6.07) is 8.78. The van der Waals surface area contributed by atoms with E-state index in [4.69, 9.17) is 27.4 Å². The fourth-order valence-electron chi connectivity index (χ4n) is 4.38. The Balaban J connectivity index is 0.000000245. The van der Waals surface area contributed by atoms with Crippen molar-refractivity contribution < 1.29 is 27.8 Å². The number of benzene rings is 2. The maximum atomic E-state index is 14.2. The Morgan fingerprint density at radius 3 is 1.85 bits per heavy atom. The van der Waals surface area contributed by atoms with E-state index in [2.05, 4.69) is 47.9 Å². The number of aliphatic imine (C=N–C) groups is 1. The molecule has 2 aliphatic heterocycles. The average molecular weight is 689 g/mol. The number of amides is 2. The second-order valence-corrected chi connectivity index (χ2v) is 9.98. The van der Waals surface area contributed by atoms with Crippen molar-refractivity contribution in [1.82, 2.24) is 41.0 Å². The normalized spacial score (nSPS) is 16.5. The Labute approximate surface area is 277 Å². The number of cyclic esters (lactones) is 2. The number of rotatable bonds is 8. The standard InChI is InChI=1S/C13H13FN6O2S.C13H10FN5O2S.CH4.H3N/c14-10-3-8(1-2-11(10)20-7-16-6-18-20)19-5-9(22-13(19)21)4-17-12(15)23;14-11-3-9(1-2-12(11)19-7-16-6-17-19)18-5-10(4-15-8-22)21-13(18)20;;/h1-3,6-7,9H,4-5H2,(H3,15,17,23);1-3,6-7,10H,4-5H2;1H4;1H3/t9-;10-;;/m00../s1. The van der Waals surface area contributed by atoms with Gasteiger partial charge in [-0.2, -0.15) is 10.2 Å². The first-order valence-electron chi connectivity index (χ1n) is 13.1. The van der Waals surface area contributed by atoms with Crippen molar-refractivity contribution >= 4 is 58.3 Å². The highest BCUT2D eigenvalue weighted by molar-refractivity contribution is 7.80. The molecule has 2 aliphatic rings. The number of nitrogens with two attached hydrogens (primary N) is 1. The summed E-state index contributed by atoms with van der Waals surface area (Å²) in [5.74, 6) is -1.04. The molecule has 2 atom stereocenters. The molecule has 2 aromatic heterocycles. The molecule has 0 radical (unpaired) electrons. The lowest BCUT2D eigenvalue weighted by Crippen LogP contribution is -2.37. The van der Waals surface area contributed by atoms with Gasteiger partial charge in [0.15, 0.2) is 16.7 Å². The zero-order valence-electron chi connectivity index (χ0n) is 23.8. The first-order valence-corrected chi connectivity index (χ1v) is 13.9. The van der Waals surface area contributed by atoms with E-state index in [1.165, 1.54) is 68.7 Å². The Morgan fingerprint density at radius 2 is 1.43 bits per heavy atom. The molecular weight excluding hydrogens is 659 g/mol. The number of isothiocyanates is 1. The molecule has 0 spiro atoms. The van der Waals surface area contributed by atoms with Gasteiger partial charge in [-0.1, -0.05) is 7.43 Å². The van der Waals surface area contributed by atoms with Gasteiger partial charge in [-0.3, -0.25) is 9.80 Å². The molecule has 4 heterocycles. The van der Waals surface area contributed by atoms with Gasteiger partial charge in [-0.25, -0.2) is 42.7 Å². The Morgan fingerprint density at radius 1 is 0.936 bits per heavy atom. The molecule has 0 aliphatic carbocycles. The molecule has 248 valence electrons. The van der Waals surface area contributed by atoms with Crippen molar-refractivity contribution in [3.05, 3.63) is 73.3 Å². The summed E-state index contributed by atoms with van der Waals surface area (Å²) in [6.45, 7) is 1.10. The number of halogens is 2. The third kappa shape index (κ3) is 8.64. The molecule has 4 aromatic rings. The molecule has 2 saturated heterocycles. The monoisotopic (exact) mass is 688 g/mol. The first-order chi connectivity index (χ1) is 21.7. The van der Waals surface area contributed by atoms with E-state index in [0.717, 1.165) is 0 Å². The second kappa shape index (κ2) is 16.2. The van der Waals surface area contributed by atoms with Gasteiger partial charge in [0.1, 0.15) is 48.9 Å². The third-order valence-electron chi connectivity index (χ3n) is 6.43. The van der Waals surface area contributed by atoms with Gasteiger partial charge < -0.3 is 26.7 Å². The minimum atomic E-state index is -0.548.